The molecule has 3 heteroatoms. The van der Waals surface area contributed by atoms with Crippen molar-refractivity contribution in [2.24, 2.45) is 11.3 Å². The van der Waals surface area contributed by atoms with Gasteiger partial charge in [-0.2, -0.15) is 0 Å². The third-order valence-electron chi connectivity index (χ3n) is 4.49. The molecule has 0 aromatic heterocycles. The van der Waals surface area contributed by atoms with Crippen LogP contribution in [0.4, 0.5) is 0 Å². The summed E-state index contributed by atoms with van der Waals surface area (Å²) in [5.74, 6) is 0.978. The van der Waals surface area contributed by atoms with E-state index in [1.54, 1.807) is 0 Å². The maximum absolute atomic E-state index is 12.5. The highest BCUT2D eigenvalue weighted by molar-refractivity contribution is 5.91. The second-order valence-electron chi connectivity index (χ2n) is 7.32. The minimum atomic E-state index is -0.163. The summed E-state index contributed by atoms with van der Waals surface area (Å²) in [5.41, 5.74) is 0.0520. The zero-order chi connectivity index (χ0) is 13.6. The Kier molecular flexibility index (Phi) is 3.48. The van der Waals surface area contributed by atoms with Crippen molar-refractivity contribution in [1.82, 2.24) is 10.2 Å². The van der Waals surface area contributed by atoms with E-state index in [0.29, 0.717) is 11.8 Å². The summed E-state index contributed by atoms with van der Waals surface area (Å²) < 4.78 is 0. The molecule has 0 aromatic carbocycles. The first-order valence-corrected chi connectivity index (χ1v) is 7.38. The summed E-state index contributed by atoms with van der Waals surface area (Å²) in [6, 6.07) is 0. The number of hydrogen-bond acceptors (Lipinski definition) is 2. The van der Waals surface area contributed by atoms with Gasteiger partial charge in [-0.3, -0.25) is 10.1 Å². The molecule has 1 atom stereocenters. The number of rotatable bonds is 5. The Balaban J connectivity index is 2.10. The van der Waals surface area contributed by atoms with Crippen molar-refractivity contribution < 1.29 is 4.79 Å². The molecule has 1 heterocycles. The number of hydrogen-bond donors (Lipinski definition) is 1. The number of amides is 1. The van der Waals surface area contributed by atoms with Crippen LogP contribution in [0.1, 0.15) is 60.3 Å². The predicted molar refractivity (Wildman–Crippen MR) is 74.1 cm³/mol. The molecule has 104 valence electrons. The molecule has 1 saturated heterocycles. The average Bonchev–Trinajstić information content (AvgIpc) is 3.00. The van der Waals surface area contributed by atoms with Gasteiger partial charge in [-0.1, -0.05) is 34.6 Å². The zero-order valence-corrected chi connectivity index (χ0v) is 12.5. The van der Waals surface area contributed by atoms with E-state index >= 15 is 0 Å². The molecule has 1 aliphatic heterocycles. The molecule has 0 bridgehead atoms. The van der Waals surface area contributed by atoms with Gasteiger partial charge in [0.2, 0.25) is 5.91 Å². The van der Waals surface area contributed by atoms with Crippen molar-refractivity contribution in [2.45, 2.75) is 72.0 Å². The van der Waals surface area contributed by atoms with Crippen LogP contribution in [0.2, 0.25) is 0 Å². The van der Waals surface area contributed by atoms with Crippen molar-refractivity contribution >= 4 is 5.91 Å². The van der Waals surface area contributed by atoms with Gasteiger partial charge in [0.1, 0.15) is 0 Å². The third kappa shape index (κ3) is 2.56. The summed E-state index contributed by atoms with van der Waals surface area (Å²) in [6.45, 7) is 12.1. The summed E-state index contributed by atoms with van der Waals surface area (Å²) in [4.78, 5) is 14.7. The SMILES string of the molecule is CCC(C)(C)CN1C(=O)C2(CC2)NC1CC(C)C. The van der Waals surface area contributed by atoms with E-state index in [0.717, 1.165) is 32.2 Å². The molecule has 1 spiro atoms. The van der Waals surface area contributed by atoms with Gasteiger partial charge >= 0.3 is 0 Å². The molecule has 1 N–H and O–H groups in total. The zero-order valence-electron chi connectivity index (χ0n) is 12.5. The molecular weight excluding hydrogens is 224 g/mol. The molecular formula is C15H28N2O. The number of nitrogens with zero attached hydrogens (tertiary/aromatic N) is 1. The number of carbonyl (C=O) groups is 1. The molecule has 0 aromatic rings. The van der Waals surface area contributed by atoms with Crippen LogP contribution in [0.25, 0.3) is 0 Å². The monoisotopic (exact) mass is 252 g/mol. The Labute approximate surface area is 111 Å². The summed E-state index contributed by atoms with van der Waals surface area (Å²) >= 11 is 0. The lowest BCUT2D eigenvalue weighted by molar-refractivity contribution is -0.132. The molecule has 0 radical (unpaired) electrons. The first kappa shape index (κ1) is 13.9. The molecule has 18 heavy (non-hydrogen) atoms. The number of nitrogens with one attached hydrogen (secondary N) is 1. The molecule has 2 fully saturated rings. The molecule has 2 aliphatic rings. The van der Waals surface area contributed by atoms with E-state index in [2.05, 4.69) is 44.8 Å². The van der Waals surface area contributed by atoms with Crippen LogP contribution in [0, 0.1) is 11.3 Å². The first-order valence-electron chi connectivity index (χ1n) is 7.38. The van der Waals surface area contributed by atoms with E-state index in [1.165, 1.54) is 0 Å². The van der Waals surface area contributed by atoms with Gasteiger partial charge in [0, 0.05) is 6.54 Å². The van der Waals surface area contributed by atoms with Crippen LogP contribution in [0.3, 0.4) is 0 Å². The maximum atomic E-state index is 12.5. The topological polar surface area (TPSA) is 32.3 Å². The minimum Gasteiger partial charge on any atom is -0.325 e. The fourth-order valence-electron chi connectivity index (χ4n) is 2.75. The maximum Gasteiger partial charge on any atom is 0.244 e. The Morgan fingerprint density at radius 3 is 2.50 bits per heavy atom. The highest BCUT2D eigenvalue weighted by atomic mass is 16.2. The lowest BCUT2D eigenvalue weighted by Crippen LogP contribution is -2.43. The van der Waals surface area contributed by atoms with Gasteiger partial charge in [-0.05, 0) is 37.0 Å². The largest absolute Gasteiger partial charge is 0.325 e. The van der Waals surface area contributed by atoms with Gasteiger partial charge < -0.3 is 4.90 Å². The van der Waals surface area contributed by atoms with E-state index in [4.69, 9.17) is 0 Å². The fraction of sp³-hybridized carbons (Fsp3) is 0.933. The van der Waals surface area contributed by atoms with Crippen molar-refractivity contribution in [1.29, 1.82) is 0 Å². The van der Waals surface area contributed by atoms with Gasteiger partial charge in [-0.15, -0.1) is 0 Å². The second-order valence-corrected chi connectivity index (χ2v) is 7.32. The fourth-order valence-corrected chi connectivity index (χ4v) is 2.75. The Bertz CT molecular complexity index is 331. The molecule has 1 amide bonds. The van der Waals surface area contributed by atoms with Crippen LogP contribution in [-0.2, 0) is 4.79 Å². The van der Waals surface area contributed by atoms with Crippen LogP contribution < -0.4 is 5.32 Å². The summed E-state index contributed by atoms with van der Waals surface area (Å²) in [7, 11) is 0. The van der Waals surface area contributed by atoms with Crippen molar-refractivity contribution in [3.8, 4) is 0 Å². The van der Waals surface area contributed by atoms with Crippen LogP contribution in [0.5, 0.6) is 0 Å². The lowest BCUT2D eigenvalue weighted by Gasteiger charge is -2.33. The van der Waals surface area contributed by atoms with Crippen molar-refractivity contribution in [3.63, 3.8) is 0 Å². The quantitative estimate of drug-likeness (QED) is 0.816. The Morgan fingerprint density at radius 1 is 1.44 bits per heavy atom. The summed E-state index contributed by atoms with van der Waals surface area (Å²) in [5, 5.41) is 3.60. The Hall–Kier alpha value is -0.570. The molecule has 1 unspecified atom stereocenters. The van der Waals surface area contributed by atoms with Crippen molar-refractivity contribution in [3.05, 3.63) is 0 Å². The van der Waals surface area contributed by atoms with E-state index in [1.807, 2.05) is 0 Å². The average molecular weight is 252 g/mol. The highest BCUT2D eigenvalue weighted by Gasteiger charge is 2.59. The normalized spacial score (nSPS) is 26.4. The molecule has 1 saturated carbocycles. The highest BCUT2D eigenvalue weighted by Crippen LogP contribution is 2.44. The minimum absolute atomic E-state index is 0.163. The van der Waals surface area contributed by atoms with E-state index in [9.17, 15) is 4.79 Å². The second kappa shape index (κ2) is 4.52. The van der Waals surface area contributed by atoms with E-state index < -0.39 is 0 Å². The van der Waals surface area contributed by atoms with Gasteiger partial charge in [-0.25, -0.2) is 0 Å². The smallest absolute Gasteiger partial charge is 0.244 e. The molecule has 1 aliphatic carbocycles. The van der Waals surface area contributed by atoms with E-state index in [-0.39, 0.29) is 17.1 Å². The van der Waals surface area contributed by atoms with Crippen molar-refractivity contribution in [2.75, 3.05) is 6.54 Å². The number of carbonyl (C=O) groups excluding carboxylic acids is 1. The third-order valence-corrected chi connectivity index (χ3v) is 4.49. The standard InChI is InChI=1S/C15H28N2O/c1-6-14(4,5)10-17-12(9-11(2)3)16-15(7-8-15)13(17)18/h11-12,16H,6-10H2,1-5H3. The molecule has 2 rings (SSSR count). The Morgan fingerprint density at radius 2 is 2.06 bits per heavy atom. The van der Waals surface area contributed by atoms with Crippen LogP contribution >= 0.6 is 0 Å². The van der Waals surface area contributed by atoms with Crippen LogP contribution in [0.15, 0.2) is 0 Å². The lowest BCUT2D eigenvalue weighted by atomic mass is 9.89. The first-order chi connectivity index (χ1) is 8.30. The van der Waals surface area contributed by atoms with Gasteiger partial charge in [0.05, 0.1) is 11.7 Å². The van der Waals surface area contributed by atoms with Crippen LogP contribution in [-0.4, -0.2) is 29.1 Å². The summed E-state index contributed by atoms with van der Waals surface area (Å²) in [6.07, 6.45) is 4.49. The van der Waals surface area contributed by atoms with Gasteiger partial charge in [0.25, 0.3) is 0 Å². The molecule has 3 nitrogen and oxygen atoms in total. The van der Waals surface area contributed by atoms with Gasteiger partial charge in [0.15, 0.2) is 0 Å². The predicted octanol–water partition coefficient (Wildman–Crippen LogP) is 2.76.